The molecule has 4 aromatic rings. The summed E-state index contributed by atoms with van der Waals surface area (Å²) >= 11 is 6.07. The average Bonchev–Trinajstić information content (AvgIpc) is 3.01. The molecule has 0 bridgehead atoms. The van der Waals surface area contributed by atoms with Crippen LogP contribution in [0, 0.1) is 0 Å². The van der Waals surface area contributed by atoms with Gasteiger partial charge in [-0.25, -0.2) is 0 Å². The van der Waals surface area contributed by atoms with E-state index < -0.39 is 0 Å². The zero-order valence-electron chi connectivity index (χ0n) is 12.0. The fraction of sp³-hybridized carbons (Fsp3) is 0. The molecule has 2 aromatic heterocycles. The maximum atomic E-state index is 6.07. The Morgan fingerprint density at radius 2 is 1.70 bits per heavy atom. The summed E-state index contributed by atoms with van der Waals surface area (Å²) in [6, 6.07) is 15.7. The summed E-state index contributed by atoms with van der Waals surface area (Å²) in [7, 11) is 0. The first-order chi connectivity index (χ1) is 11.3. The van der Waals surface area contributed by atoms with Crippen LogP contribution in [0.1, 0.15) is 5.56 Å². The van der Waals surface area contributed by atoms with Crippen molar-refractivity contribution in [2.24, 2.45) is 5.10 Å². The van der Waals surface area contributed by atoms with Crippen LogP contribution in [0.5, 0.6) is 0 Å². The second kappa shape index (κ2) is 5.70. The summed E-state index contributed by atoms with van der Waals surface area (Å²) in [5.74, 6) is 0.570. The number of halogens is 1. The molecule has 0 spiro atoms. The standard InChI is InChI=1S/C17H12ClN5/c18-16-13-6-1-2-7-14(13)17(23-21-16)22-20-10-11-9-19-15-8-4-3-5-12(11)15/h1-10,19H,(H,22,23)/b20-10-. The lowest BCUT2D eigenvalue weighted by molar-refractivity contribution is 1.04. The number of aromatic amines is 1. The normalized spacial score (nSPS) is 11.5. The predicted molar refractivity (Wildman–Crippen MR) is 94.1 cm³/mol. The fourth-order valence-corrected chi connectivity index (χ4v) is 2.72. The van der Waals surface area contributed by atoms with E-state index in [1.807, 2.05) is 54.7 Å². The number of aromatic nitrogens is 3. The Morgan fingerprint density at radius 1 is 0.957 bits per heavy atom. The van der Waals surface area contributed by atoms with Gasteiger partial charge in [0, 0.05) is 33.4 Å². The molecule has 0 saturated carbocycles. The van der Waals surface area contributed by atoms with E-state index in [0.29, 0.717) is 11.0 Å². The minimum atomic E-state index is 0.381. The molecule has 0 radical (unpaired) electrons. The number of nitrogens with one attached hydrogen (secondary N) is 2. The smallest absolute Gasteiger partial charge is 0.176 e. The van der Waals surface area contributed by atoms with Gasteiger partial charge in [-0.1, -0.05) is 54.1 Å². The first-order valence-corrected chi connectivity index (χ1v) is 7.47. The molecule has 0 aliphatic heterocycles. The van der Waals surface area contributed by atoms with Gasteiger partial charge in [-0.15, -0.1) is 10.2 Å². The highest BCUT2D eigenvalue weighted by atomic mass is 35.5. The van der Waals surface area contributed by atoms with Crippen molar-refractivity contribution in [1.82, 2.24) is 15.2 Å². The molecule has 2 aromatic carbocycles. The van der Waals surface area contributed by atoms with Crippen molar-refractivity contribution in [2.75, 3.05) is 5.43 Å². The number of rotatable bonds is 3. The van der Waals surface area contributed by atoms with Crippen molar-refractivity contribution in [3.8, 4) is 0 Å². The highest BCUT2D eigenvalue weighted by molar-refractivity contribution is 6.34. The summed E-state index contributed by atoms with van der Waals surface area (Å²) in [6.45, 7) is 0. The molecule has 0 unspecified atom stereocenters. The Morgan fingerprint density at radius 3 is 2.57 bits per heavy atom. The Bertz CT molecular complexity index is 1020. The predicted octanol–water partition coefficient (Wildman–Crippen LogP) is 4.21. The summed E-state index contributed by atoms with van der Waals surface area (Å²) in [5, 5.41) is 15.5. The lowest BCUT2D eigenvalue weighted by atomic mass is 10.2. The average molecular weight is 322 g/mol. The zero-order valence-corrected chi connectivity index (χ0v) is 12.7. The van der Waals surface area contributed by atoms with Gasteiger partial charge in [0.2, 0.25) is 0 Å². The van der Waals surface area contributed by atoms with Gasteiger partial charge in [0.05, 0.1) is 6.21 Å². The number of anilines is 1. The van der Waals surface area contributed by atoms with Gasteiger partial charge in [-0.2, -0.15) is 5.10 Å². The molecule has 112 valence electrons. The molecule has 0 fully saturated rings. The van der Waals surface area contributed by atoms with E-state index in [4.69, 9.17) is 11.6 Å². The van der Waals surface area contributed by atoms with Gasteiger partial charge in [-0.3, -0.25) is 5.43 Å². The van der Waals surface area contributed by atoms with Crippen molar-refractivity contribution >= 4 is 45.3 Å². The fourth-order valence-electron chi connectivity index (χ4n) is 2.52. The van der Waals surface area contributed by atoms with Crippen LogP contribution in [0.3, 0.4) is 0 Å². The molecule has 0 amide bonds. The Labute approximate surface area is 137 Å². The lowest BCUT2D eigenvalue weighted by Gasteiger charge is -2.04. The van der Waals surface area contributed by atoms with Crippen molar-refractivity contribution in [3.63, 3.8) is 0 Å². The number of benzene rings is 2. The maximum Gasteiger partial charge on any atom is 0.176 e. The third-order valence-corrected chi connectivity index (χ3v) is 3.92. The highest BCUT2D eigenvalue weighted by Crippen LogP contribution is 2.25. The number of para-hydroxylation sites is 1. The number of fused-ring (bicyclic) bond motifs is 2. The molecule has 0 saturated heterocycles. The first-order valence-electron chi connectivity index (χ1n) is 7.09. The minimum absolute atomic E-state index is 0.381. The number of H-pyrrole nitrogens is 1. The van der Waals surface area contributed by atoms with Crippen LogP contribution in [0.4, 0.5) is 5.82 Å². The summed E-state index contributed by atoms with van der Waals surface area (Å²) in [5.41, 5.74) is 5.02. The monoisotopic (exact) mass is 321 g/mol. The van der Waals surface area contributed by atoms with Crippen molar-refractivity contribution in [1.29, 1.82) is 0 Å². The van der Waals surface area contributed by atoms with Crippen LogP contribution < -0.4 is 5.43 Å². The Kier molecular flexibility index (Phi) is 3.40. The van der Waals surface area contributed by atoms with Gasteiger partial charge in [0.15, 0.2) is 11.0 Å². The van der Waals surface area contributed by atoms with E-state index in [0.717, 1.165) is 27.2 Å². The third kappa shape index (κ3) is 2.51. The van der Waals surface area contributed by atoms with E-state index in [2.05, 4.69) is 25.7 Å². The van der Waals surface area contributed by atoms with Crippen LogP contribution in [0.15, 0.2) is 59.8 Å². The van der Waals surface area contributed by atoms with Gasteiger partial charge in [0.25, 0.3) is 0 Å². The van der Waals surface area contributed by atoms with Gasteiger partial charge >= 0.3 is 0 Å². The van der Waals surface area contributed by atoms with Gasteiger partial charge < -0.3 is 4.98 Å². The van der Waals surface area contributed by atoms with E-state index in [1.54, 1.807) is 6.21 Å². The molecule has 23 heavy (non-hydrogen) atoms. The van der Waals surface area contributed by atoms with Gasteiger partial charge in [-0.05, 0) is 6.07 Å². The second-order valence-electron chi connectivity index (χ2n) is 5.04. The van der Waals surface area contributed by atoms with Crippen LogP contribution in [0.2, 0.25) is 5.15 Å². The lowest BCUT2D eigenvalue weighted by Crippen LogP contribution is -1.97. The molecular formula is C17H12ClN5. The number of hydrogen-bond donors (Lipinski definition) is 2. The van der Waals surface area contributed by atoms with Crippen LogP contribution >= 0.6 is 11.6 Å². The summed E-state index contributed by atoms with van der Waals surface area (Å²) < 4.78 is 0. The number of hydrogen-bond acceptors (Lipinski definition) is 4. The molecule has 0 atom stereocenters. The van der Waals surface area contributed by atoms with E-state index in [1.165, 1.54) is 0 Å². The Hall–Kier alpha value is -2.92. The molecule has 0 aliphatic rings. The van der Waals surface area contributed by atoms with Gasteiger partial charge in [0.1, 0.15) is 0 Å². The van der Waals surface area contributed by atoms with Crippen molar-refractivity contribution in [3.05, 3.63) is 65.4 Å². The van der Waals surface area contributed by atoms with Crippen molar-refractivity contribution in [2.45, 2.75) is 0 Å². The van der Waals surface area contributed by atoms with Crippen LogP contribution in [-0.4, -0.2) is 21.4 Å². The summed E-state index contributed by atoms with van der Waals surface area (Å²) in [4.78, 5) is 3.21. The molecular weight excluding hydrogens is 310 g/mol. The maximum absolute atomic E-state index is 6.07. The highest BCUT2D eigenvalue weighted by Gasteiger charge is 2.06. The van der Waals surface area contributed by atoms with Crippen LogP contribution in [-0.2, 0) is 0 Å². The van der Waals surface area contributed by atoms with E-state index >= 15 is 0 Å². The minimum Gasteiger partial charge on any atom is -0.361 e. The first kappa shape index (κ1) is 13.7. The largest absolute Gasteiger partial charge is 0.361 e. The molecule has 4 rings (SSSR count). The summed E-state index contributed by atoms with van der Waals surface area (Å²) in [6.07, 6.45) is 3.67. The molecule has 2 heterocycles. The van der Waals surface area contributed by atoms with E-state index in [-0.39, 0.29) is 0 Å². The molecule has 2 N–H and O–H groups in total. The quantitative estimate of drug-likeness (QED) is 0.439. The Balaban J connectivity index is 1.66. The van der Waals surface area contributed by atoms with Crippen molar-refractivity contribution < 1.29 is 0 Å². The second-order valence-corrected chi connectivity index (χ2v) is 5.40. The number of nitrogens with zero attached hydrogens (tertiary/aromatic N) is 3. The van der Waals surface area contributed by atoms with Crippen LogP contribution in [0.25, 0.3) is 21.7 Å². The zero-order chi connectivity index (χ0) is 15.6. The molecule has 6 heteroatoms. The SMILES string of the molecule is Clc1nnc(N/N=C\c2c[nH]c3ccccc23)c2ccccc12. The third-order valence-electron chi connectivity index (χ3n) is 3.64. The molecule has 5 nitrogen and oxygen atoms in total. The topological polar surface area (TPSA) is 66.0 Å². The number of hydrazone groups is 1. The molecule has 0 aliphatic carbocycles. The van der Waals surface area contributed by atoms with E-state index in [9.17, 15) is 0 Å².